The van der Waals surface area contributed by atoms with Gasteiger partial charge in [-0.3, -0.25) is 10.1 Å². The fourth-order valence-corrected chi connectivity index (χ4v) is 1.20. The van der Waals surface area contributed by atoms with Gasteiger partial charge in [0.15, 0.2) is 6.10 Å². The van der Waals surface area contributed by atoms with Crippen LogP contribution in [0.1, 0.15) is 12.8 Å². The van der Waals surface area contributed by atoms with Crippen LogP contribution in [-0.4, -0.2) is 22.2 Å². The standard InChI is InChI=1S/C6H8N2O6/c9-7(10)5-3-1-2-4-6(5)13-14-8(11)12/h2,4-6H,1,3H2. The molecular weight excluding hydrogens is 196 g/mol. The van der Waals surface area contributed by atoms with E-state index in [0.717, 1.165) is 0 Å². The smallest absolute Gasteiger partial charge is 0.264 e. The lowest BCUT2D eigenvalue weighted by Crippen LogP contribution is -2.36. The quantitative estimate of drug-likeness (QED) is 0.285. The molecule has 0 fully saturated rings. The number of nitrogens with zero attached hydrogens (tertiary/aromatic N) is 2. The molecular formula is C6H8N2O6. The molecule has 1 aliphatic rings. The van der Waals surface area contributed by atoms with Gasteiger partial charge in [-0.1, -0.05) is 12.2 Å². The van der Waals surface area contributed by atoms with Crippen molar-refractivity contribution in [2.45, 2.75) is 25.0 Å². The van der Waals surface area contributed by atoms with Crippen molar-refractivity contribution in [1.82, 2.24) is 0 Å². The molecule has 0 radical (unpaired) electrons. The molecule has 0 aliphatic heterocycles. The summed E-state index contributed by atoms with van der Waals surface area (Å²) in [5.41, 5.74) is 0. The van der Waals surface area contributed by atoms with Gasteiger partial charge in [0.2, 0.25) is 6.04 Å². The second kappa shape index (κ2) is 4.51. The predicted octanol–water partition coefficient (Wildman–Crippen LogP) is 0.490. The van der Waals surface area contributed by atoms with E-state index in [2.05, 4.69) is 9.88 Å². The van der Waals surface area contributed by atoms with Crippen LogP contribution in [0.3, 0.4) is 0 Å². The Kier molecular flexibility index (Phi) is 3.35. The van der Waals surface area contributed by atoms with Crippen LogP contribution in [0.4, 0.5) is 0 Å². The normalized spacial score (nSPS) is 25.7. The topological polar surface area (TPSA) is 105 Å². The van der Waals surface area contributed by atoms with E-state index in [0.29, 0.717) is 6.42 Å². The zero-order chi connectivity index (χ0) is 10.6. The fraction of sp³-hybridized carbons (Fsp3) is 0.667. The second-order valence-electron chi connectivity index (χ2n) is 2.72. The summed E-state index contributed by atoms with van der Waals surface area (Å²) in [5.74, 6) is 0. The Hall–Kier alpha value is -1.70. The fourth-order valence-electron chi connectivity index (χ4n) is 1.20. The van der Waals surface area contributed by atoms with Crippen LogP contribution in [0, 0.1) is 20.2 Å². The molecule has 14 heavy (non-hydrogen) atoms. The number of hydrogen-bond donors (Lipinski definition) is 0. The zero-order valence-corrected chi connectivity index (χ0v) is 7.07. The maximum atomic E-state index is 10.5. The van der Waals surface area contributed by atoms with E-state index in [1.54, 1.807) is 6.08 Å². The number of nitro groups is 1. The monoisotopic (exact) mass is 204 g/mol. The average Bonchev–Trinajstić information content (AvgIpc) is 2.15. The van der Waals surface area contributed by atoms with Crippen LogP contribution < -0.4 is 0 Å². The average molecular weight is 204 g/mol. The molecule has 0 amide bonds. The summed E-state index contributed by atoms with van der Waals surface area (Å²) in [6.45, 7) is 0. The Bertz CT molecular complexity index is 265. The van der Waals surface area contributed by atoms with Gasteiger partial charge < -0.3 is 0 Å². The molecule has 0 aromatic heterocycles. The highest BCUT2D eigenvalue weighted by molar-refractivity contribution is 4.98. The maximum Gasteiger partial charge on any atom is 0.322 e. The largest absolute Gasteiger partial charge is 0.322 e. The SMILES string of the molecule is O=[N+]([O-])OOC1C=CCCC1[N+](=O)[O-]. The van der Waals surface area contributed by atoms with Crippen molar-refractivity contribution in [3.63, 3.8) is 0 Å². The Morgan fingerprint density at radius 3 is 2.64 bits per heavy atom. The van der Waals surface area contributed by atoms with E-state index in [-0.39, 0.29) is 6.42 Å². The molecule has 2 atom stereocenters. The Labute approximate surface area is 78.3 Å². The van der Waals surface area contributed by atoms with Crippen molar-refractivity contribution >= 4 is 0 Å². The first kappa shape index (κ1) is 10.4. The Balaban J connectivity index is 2.54. The molecule has 1 aliphatic carbocycles. The van der Waals surface area contributed by atoms with Gasteiger partial charge in [0.25, 0.3) is 0 Å². The first-order valence-electron chi connectivity index (χ1n) is 3.89. The molecule has 0 heterocycles. The minimum absolute atomic E-state index is 0.287. The van der Waals surface area contributed by atoms with Gasteiger partial charge in [-0.15, -0.1) is 15.1 Å². The van der Waals surface area contributed by atoms with Gasteiger partial charge in [-0.2, -0.15) is 4.89 Å². The van der Waals surface area contributed by atoms with Crippen LogP contribution in [0.25, 0.3) is 0 Å². The Morgan fingerprint density at radius 2 is 2.07 bits per heavy atom. The van der Waals surface area contributed by atoms with Crippen molar-refractivity contribution in [3.8, 4) is 0 Å². The molecule has 0 saturated heterocycles. The van der Waals surface area contributed by atoms with Crippen LogP contribution in [0.2, 0.25) is 0 Å². The molecule has 1 rings (SSSR count). The molecule has 0 aromatic rings. The van der Waals surface area contributed by atoms with Crippen LogP contribution in [-0.2, 0) is 9.88 Å². The van der Waals surface area contributed by atoms with Crippen molar-refractivity contribution in [2.75, 3.05) is 0 Å². The van der Waals surface area contributed by atoms with E-state index < -0.39 is 22.2 Å². The third kappa shape index (κ3) is 2.66. The summed E-state index contributed by atoms with van der Waals surface area (Å²) in [7, 11) is 0. The summed E-state index contributed by atoms with van der Waals surface area (Å²) in [6.07, 6.45) is 2.90. The minimum atomic E-state index is -1.15. The first-order valence-corrected chi connectivity index (χ1v) is 3.89. The summed E-state index contributed by atoms with van der Waals surface area (Å²) in [6, 6.07) is -0.986. The second-order valence-corrected chi connectivity index (χ2v) is 2.72. The highest BCUT2D eigenvalue weighted by Gasteiger charge is 2.33. The molecule has 0 spiro atoms. The first-order chi connectivity index (χ1) is 6.61. The van der Waals surface area contributed by atoms with Gasteiger partial charge in [-0.05, 0) is 6.42 Å². The number of allylic oxidation sites excluding steroid dienone is 1. The van der Waals surface area contributed by atoms with Gasteiger partial charge in [0, 0.05) is 11.3 Å². The number of rotatable bonds is 4. The van der Waals surface area contributed by atoms with Gasteiger partial charge in [0.1, 0.15) is 0 Å². The van der Waals surface area contributed by atoms with Crippen LogP contribution in [0.5, 0.6) is 0 Å². The summed E-state index contributed by atoms with van der Waals surface area (Å²) < 4.78 is 0. The Morgan fingerprint density at radius 1 is 1.36 bits per heavy atom. The third-order valence-electron chi connectivity index (χ3n) is 1.82. The molecule has 78 valence electrons. The predicted molar refractivity (Wildman–Crippen MR) is 42.1 cm³/mol. The lowest BCUT2D eigenvalue weighted by molar-refractivity contribution is -0.856. The third-order valence-corrected chi connectivity index (χ3v) is 1.82. The molecule has 0 N–H and O–H groups in total. The highest BCUT2D eigenvalue weighted by Crippen LogP contribution is 2.17. The molecule has 0 bridgehead atoms. The molecule has 8 nitrogen and oxygen atoms in total. The molecule has 0 aromatic carbocycles. The van der Waals surface area contributed by atoms with E-state index in [9.17, 15) is 20.2 Å². The zero-order valence-electron chi connectivity index (χ0n) is 7.07. The van der Waals surface area contributed by atoms with Crippen LogP contribution in [0.15, 0.2) is 12.2 Å². The van der Waals surface area contributed by atoms with E-state index in [1.807, 2.05) is 0 Å². The maximum absolute atomic E-state index is 10.5. The van der Waals surface area contributed by atoms with Crippen LogP contribution >= 0.6 is 0 Å². The van der Waals surface area contributed by atoms with E-state index >= 15 is 0 Å². The van der Waals surface area contributed by atoms with Crippen molar-refractivity contribution < 1.29 is 19.9 Å². The highest BCUT2D eigenvalue weighted by atomic mass is 17.3. The van der Waals surface area contributed by atoms with Crippen molar-refractivity contribution in [2.24, 2.45) is 0 Å². The molecule has 2 unspecified atom stereocenters. The van der Waals surface area contributed by atoms with Gasteiger partial charge in [-0.25, -0.2) is 0 Å². The lowest BCUT2D eigenvalue weighted by Gasteiger charge is -2.18. The minimum Gasteiger partial charge on any atom is -0.264 e. The molecule has 0 saturated carbocycles. The lowest BCUT2D eigenvalue weighted by atomic mass is 10.00. The summed E-state index contributed by atoms with van der Waals surface area (Å²) in [4.78, 5) is 27.6. The van der Waals surface area contributed by atoms with Crippen molar-refractivity contribution in [1.29, 1.82) is 0 Å². The van der Waals surface area contributed by atoms with Gasteiger partial charge in [0.05, 0.1) is 0 Å². The summed E-state index contributed by atoms with van der Waals surface area (Å²) >= 11 is 0. The van der Waals surface area contributed by atoms with Gasteiger partial charge >= 0.3 is 5.09 Å². The molecule has 8 heteroatoms. The summed E-state index contributed by atoms with van der Waals surface area (Å²) in [5, 5.41) is 19.1. The number of hydrogen-bond acceptors (Lipinski definition) is 6. The van der Waals surface area contributed by atoms with Crippen molar-refractivity contribution in [3.05, 3.63) is 32.4 Å². The van der Waals surface area contributed by atoms with E-state index in [4.69, 9.17) is 0 Å². The van der Waals surface area contributed by atoms with E-state index in [1.165, 1.54) is 6.08 Å².